The van der Waals surface area contributed by atoms with Crippen molar-refractivity contribution in [2.45, 2.75) is 59.0 Å². The molecule has 0 radical (unpaired) electrons. The van der Waals surface area contributed by atoms with Crippen LogP contribution in [0, 0.1) is 23.2 Å². The summed E-state index contributed by atoms with van der Waals surface area (Å²) in [4.78, 5) is 14.5. The maximum atomic E-state index is 12.3. The van der Waals surface area contributed by atoms with Crippen molar-refractivity contribution in [1.82, 2.24) is 10.2 Å². The van der Waals surface area contributed by atoms with Gasteiger partial charge in [0.25, 0.3) is 0 Å². The molecule has 0 aliphatic carbocycles. The highest BCUT2D eigenvalue weighted by Crippen LogP contribution is 2.20. The summed E-state index contributed by atoms with van der Waals surface area (Å²) >= 11 is 0. The standard InChI is InChI=1S/C15H27N3O/c1-11(2)15(5,10-16)17-14(19)13(4)18-8-6-12(3)7-9-18/h11-13H,6-9H2,1-5H3,(H,17,19)/t13-,15-/m0/s1. The maximum absolute atomic E-state index is 12.3. The molecule has 0 bridgehead atoms. The third-order valence-electron chi connectivity index (χ3n) is 4.52. The number of amides is 1. The second-order valence-electron chi connectivity index (χ2n) is 6.35. The van der Waals surface area contributed by atoms with Crippen LogP contribution in [-0.4, -0.2) is 35.5 Å². The number of rotatable bonds is 4. The maximum Gasteiger partial charge on any atom is 0.238 e. The zero-order valence-electron chi connectivity index (χ0n) is 12.9. The summed E-state index contributed by atoms with van der Waals surface area (Å²) in [6, 6.07) is 2.07. The van der Waals surface area contributed by atoms with Gasteiger partial charge >= 0.3 is 0 Å². The predicted octanol–water partition coefficient (Wildman–Crippen LogP) is 2.16. The number of nitrogens with one attached hydrogen (secondary N) is 1. The summed E-state index contributed by atoms with van der Waals surface area (Å²) in [5.74, 6) is 0.814. The Kier molecular flexibility index (Phi) is 5.37. The van der Waals surface area contributed by atoms with E-state index in [0.717, 1.165) is 31.8 Å². The third kappa shape index (κ3) is 3.94. The van der Waals surface area contributed by atoms with Crippen molar-refractivity contribution in [2.24, 2.45) is 11.8 Å². The van der Waals surface area contributed by atoms with Crippen molar-refractivity contribution in [3.8, 4) is 6.07 Å². The van der Waals surface area contributed by atoms with Gasteiger partial charge in [0.1, 0.15) is 5.54 Å². The average molecular weight is 265 g/mol. The van der Waals surface area contributed by atoms with Crippen molar-refractivity contribution in [1.29, 1.82) is 5.26 Å². The lowest BCUT2D eigenvalue weighted by molar-refractivity contribution is -0.128. The molecule has 0 unspecified atom stereocenters. The Bertz CT molecular complexity index is 353. The van der Waals surface area contributed by atoms with Gasteiger partial charge in [-0.3, -0.25) is 9.69 Å². The van der Waals surface area contributed by atoms with Gasteiger partial charge in [-0.25, -0.2) is 0 Å². The van der Waals surface area contributed by atoms with Gasteiger partial charge in [0.05, 0.1) is 12.1 Å². The Morgan fingerprint density at radius 2 is 1.89 bits per heavy atom. The van der Waals surface area contributed by atoms with E-state index >= 15 is 0 Å². The Morgan fingerprint density at radius 1 is 1.37 bits per heavy atom. The van der Waals surface area contributed by atoms with Crippen molar-refractivity contribution in [2.75, 3.05) is 13.1 Å². The van der Waals surface area contributed by atoms with Crippen LogP contribution in [-0.2, 0) is 4.79 Å². The van der Waals surface area contributed by atoms with Crippen LogP contribution in [0.1, 0.15) is 47.5 Å². The van der Waals surface area contributed by atoms with E-state index in [9.17, 15) is 10.1 Å². The average Bonchev–Trinajstić information content (AvgIpc) is 2.38. The molecule has 1 N–H and O–H groups in total. The fourth-order valence-electron chi connectivity index (χ4n) is 2.24. The molecule has 1 amide bonds. The molecule has 0 spiro atoms. The first kappa shape index (κ1) is 16.0. The number of nitrogens with zero attached hydrogens (tertiary/aromatic N) is 2. The summed E-state index contributed by atoms with van der Waals surface area (Å²) in [5.41, 5.74) is -0.783. The second-order valence-corrected chi connectivity index (χ2v) is 6.35. The number of piperidine rings is 1. The predicted molar refractivity (Wildman–Crippen MR) is 76.4 cm³/mol. The van der Waals surface area contributed by atoms with Gasteiger partial charge in [0, 0.05) is 0 Å². The van der Waals surface area contributed by atoms with Crippen molar-refractivity contribution in [3.63, 3.8) is 0 Å². The molecule has 1 aliphatic rings. The Balaban J connectivity index is 2.60. The minimum absolute atomic E-state index is 0.0349. The number of hydrogen-bond acceptors (Lipinski definition) is 3. The van der Waals surface area contributed by atoms with Gasteiger partial charge in [-0.2, -0.15) is 5.26 Å². The minimum atomic E-state index is -0.783. The number of nitriles is 1. The summed E-state index contributed by atoms with van der Waals surface area (Å²) < 4.78 is 0. The SMILES string of the molecule is CC1CCN([C@@H](C)C(=O)N[C@@](C)(C#N)C(C)C)CC1. The molecule has 4 nitrogen and oxygen atoms in total. The van der Waals surface area contributed by atoms with Crippen LogP contribution in [0.3, 0.4) is 0 Å². The molecule has 0 aromatic rings. The summed E-state index contributed by atoms with van der Waals surface area (Å²) in [6.07, 6.45) is 2.30. The van der Waals surface area contributed by atoms with E-state index in [1.165, 1.54) is 0 Å². The van der Waals surface area contributed by atoms with E-state index in [0.29, 0.717) is 0 Å². The molecule has 1 rings (SSSR count). The van der Waals surface area contributed by atoms with Gasteiger partial charge in [-0.15, -0.1) is 0 Å². The number of hydrogen-bond donors (Lipinski definition) is 1. The van der Waals surface area contributed by atoms with Crippen molar-refractivity contribution >= 4 is 5.91 Å². The lowest BCUT2D eigenvalue weighted by atomic mass is 9.89. The number of carbonyl (C=O) groups excluding carboxylic acids is 1. The molecule has 4 heteroatoms. The first-order chi connectivity index (χ1) is 8.80. The molecule has 19 heavy (non-hydrogen) atoms. The molecule has 1 saturated heterocycles. The Hall–Kier alpha value is -1.08. The van der Waals surface area contributed by atoms with E-state index in [4.69, 9.17) is 0 Å². The van der Waals surface area contributed by atoms with Gasteiger partial charge < -0.3 is 5.32 Å². The van der Waals surface area contributed by atoms with Crippen LogP contribution in [0.15, 0.2) is 0 Å². The van der Waals surface area contributed by atoms with Crippen LogP contribution in [0.5, 0.6) is 0 Å². The molecule has 108 valence electrons. The smallest absolute Gasteiger partial charge is 0.238 e. The van der Waals surface area contributed by atoms with Gasteiger partial charge in [-0.1, -0.05) is 20.8 Å². The zero-order chi connectivity index (χ0) is 14.6. The first-order valence-electron chi connectivity index (χ1n) is 7.27. The van der Waals surface area contributed by atoms with E-state index in [-0.39, 0.29) is 17.9 Å². The van der Waals surface area contributed by atoms with Crippen LogP contribution in [0.25, 0.3) is 0 Å². The summed E-state index contributed by atoms with van der Waals surface area (Å²) in [6.45, 7) is 11.8. The van der Waals surface area contributed by atoms with E-state index in [1.54, 1.807) is 6.92 Å². The van der Waals surface area contributed by atoms with Crippen molar-refractivity contribution < 1.29 is 4.79 Å². The molecule has 0 aromatic carbocycles. The summed E-state index contributed by atoms with van der Waals surface area (Å²) in [5, 5.41) is 12.2. The molecule has 0 aromatic heterocycles. The van der Waals surface area contributed by atoms with Crippen LogP contribution in [0.2, 0.25) is 0 Å². The number of likely N-dealkylation sites (tertiary alicyclic amines) is 1. The molecule has 0 saturated carbocycles. The van der Waals surface area contributed by atoms with Crippen LogP contribution >= 0.6 is 0 Å². The summed E-state index contributed by atoms with van der Waals surface area (Å²) in [7, 11) is 0. The monoisotopic (exact) mass is 265 g/mol. The normalized spacial score (nSPS) is 22.6. The fourth-order valence-corrected chi connectivity index (χ4v) is 2.24. The van der Waals surface area contributed by atoms with Crippen molar-refractivity contribution in [3.05, 3.63) is 0 Å². The highest BCUT2D eigenvalue weighted by Gasteiger charge is 2.33. The highest BCUT2D eigenvalue weighted by molar-refractivity contribution is 5.82. The fraction of sp³-hybridized carbons (Fsp3) is 0.867. The van der Waals surface area contributed by atoms with E-state index in [1.807, 2.05) is 20.8 Å². The Labute approximate surface area is 117 Å². The van der Waals surface area contributed by atoms with Gasteiger partial charge in [0.2, 0.25) is 5.91 Å². The molecule has 1 heterocycles. The largest absolute Gasteiger partial charge is 0.336 e. The van der Waals surface area contributed by atoms with E-state index < -0.39 is 5.54 Å². The highest BCUT2D eigenvalue weighted by atomic mass is 16.2. The Morgan fingerprint density at radius 3 is 2.32 bits per heavy atom. The molecule has 1 aliphatic heterocycles. The lowest BCUT2D eigenvalue weighted by Gasteiger charge is -2.36. The number of carbonyl (C=O) groups is 1. The minimum Gasteiger partial charge on any atom is -0.336 e. The third-order valence-corrected chi connectivity index (χ3v) is 4.52. The molecule has 2 atom stereocenters. The molecular weight excluding hydrogens is 238 g/mol. The van der Waals surface area contributed by atoms with Gasteiger partial charge in [0.15, 0.2) is 0 Å². The van der Waals surface area contributed by atoms with E-state index in [2.05, 4.69) is 23.2 Å². The first-order valence-corrected chi connectivity index (χ1v) is 7.27. The lowest BCUT2D eigenvalue weighted by Crippen LogP contribution is -2.56. The van der Waals surface area contributed by atoms with Crippen LogP contribution < -0.4 is 5.32 Å². The van der Waals surface area contributed by atoms with Crippen LogP contribution in [0.4, 0.5) is 0 Å². The topological polar surface area (TPSA) is 56.1 Å². The quantitative estimate of drug-likeness (QED) is 0.847. The second kappa shape index (κ2) is 6.38. The zero-order valence-corrected chi connectivity index (χ0v) is 12.9. The van der Waals surface area contributed by atoms with Gasteiger partial charge in [-0.05, 0) is 51.6 Å². The molecule has 1 fully saturated rings. The molecular formula is C15H27N3O.